The summed E-state index contributed by atoms with van der Waals surface area (Å²) in [6.45, 7) is 8.49. The molecule has 0 bridgehead atoms. The van der Waals surface area contributed by atoms with E-state index in [4.69, 9.17) is 14.2 Å². The van der Waals surface area contributed by atoms with Gasteiger partial charge in [-0.15, -0.1) is 0 Å². The molecule has 6 aromatic rings. The van der Waals surface area contributed by atoms with Crippen molar-refractivity contribution < 1.29 is 14.2 Å². The van der Waals surface area contributed by atoms with Crippen LogP contribution in [-0.2, 0) is 0 Å². The van der Waals surface area contributed by atoms with E-state index in [1.807, 2.05) is 18.2 Å². The fourth-order valence-electron chi connectivity index (χ4n) is 5.98. The molecule has 0 aliphatic carbocycles. The number of benzene rings is 6. The second-order valence-corrected chi connectivity index (χ2v) is 10.4. The molecule has 204 valence electrons. The minimum Gasteiger partial charge on any atom is -0.490 e. The van der Waals surface area contributed by atoms with Gasteiger partial charge < -0.3 is 14.2 Å². The van der Waals surface area contributed by atoms with Crippen molar-refractivity contribution in [3.8, 4) is 34.1 Å². The van der Waals surface area contributed by atoms with Crippen molar-refractivity contribution in [1.29, 1.82) is 0 Å². The van der Waals surface area contributed by atoms with Crippen LogP contribution in [0.5, 0.6) is 23.0 Å². The number of rotatable bonds is 8. The SMILES string of the molecule is C=CCOc1ccc2c3c(ccc2c1)Oc1ccc2cc(OCC=C)ccc2c1C3c1ccc(-c2ccccc2)cc1. The first-order valence-electron chi connectivity index (χ1n) is 14.2. The fraction of sp³-hybridized carbons (Fsp3) is 0.0769. The molecule has 3 nitrogen and oxygen atoms in total. The Balaban J connectivity index is 1.43. The highest BCUT2D eigenvalue weighted by atomic mass is 16.5. The molecule has 0 unspecified atom stereocenters. The van der Waals surface area contributed by atoms with Crippen molar-refractivity contribution >= 4 is 21.5 Å². The van der Waals surface area contributed by atoms with E-state index in [1.54, 1.807) is 12.2 Å². The third-order valence-corrected chi connectivity index (χ3v) is 7.87. The Morgan fingerprint density at radius 2 is 1.10 bits per heavy atom. The first kappa shape index (κ1) is 25.7. The molecule has 0 saturated carbocycles. The molecule has 1 aliphatic heterocycles. The molecule has 1 heterocycles. The van der Waals surface area contributed by atoms with Gasteiger partial charge in [-0.25, -0.2) is 0 Å². The molecule has 6 aromatic carbocycles. The van der Waals surface area contributed by atoms with Gasteiger partial charge in [-0.1, -0.05) is 104 Å². The molecule has 0 atom stereocenters. The van der Waals surface area contributed by atoms with Gasteiger partial charge in [0.2, 0.25) is 0 Å². The van der Waals surface area contributed by atoms with Gasteiger partial charge in [-0.05, 0) is 74.6 Å². The number of fused-ring (bicyclic) bond motifs is 6. The summed E-state index contributed by atoms with van der Waals surface area (Å²) >= 11 is 0. The Morgan fingerprint density at radius 3 is 1.62 bits per heavy atom. The predicted octanol–water partition coefficient (Wildman–Crippen LogP) is 10.1. The minimum absolute atomic E-state index is 0.0409. The van der Waals surface area contributed by atoms with E-state index in [0.717, 1.165) is 55.7 Å². The lowest BCUT2D eigenvalue weighted by Gasteiger charge is -2.31. The summed E-state index contributed by atoms with van der Waals surface area (Å²) in [4.78, 5) is 0. The first-order valence-corrected chi connectivity index (χ1v) is 14.2. The quantitative estimate of drug-likeness (QED) is 0.178. The van der Waals surface area contributed by atoms with Gasteiger partial charge in [0.25, 0.3) is 0 Å². The van der Waals surface area contributed by atoms with Gasteiger partial charge in [0, 0.05) is 17.0 Å². The van der Waals surface area contributed by atoms with Crippen LogP contribution in [0.15, 0.2) is 141 Å². The van der Waals surface area contributed by atoms with Crippen LogP contribution in [0, 0.1) is 0 Å². The molecular formula is C39H30O3. The van der Waals surface area contributed by atoms with Gasteiger partial charge in [0.15, 0.2) is 0 Å². The topological polar surface area (TPSA) is 27.7 Å². The van der Waals surface area contributed by atoms with Crippen LogP contribution >= 0.6 is 0 Å². The number of hydrogen-bond acceptors (Lipinski definition) is 3. The molecule has 0 saturated heterocycles. The van der Waals surface area contributed by atoms with E-state index in [9.17, 15) is 0 Å². The summed E-state index contributed by atoms with van der Waals surface area (Å²) in [5.74, 6) is 3.34. The van der Waals surface area contributed by atoms with Crippen LogP contribution in [0.1, 0.15) is 22.6 Å². The maximum absolute atomic E-state index is 6.64. The zero-order chi connectivity index (χ0) is 28.5. The largest absolute Gasteiger partial charge is 0.490 e. The second-order valence-electron chi connectivity index (χ2n) is 10.4. The third kappa shape index (κ3) is 4.59. The molecule has 0 N–H and O–H groups in total. The highest BCUT2D eigenvalue weighted by molar-refractivity contribution is 5.96. The Hall–Kier alpha value is -5.28. The smallest absolute Gasteiger partial charge is 0.132 e. The van der Waals surface area contributed by atoms with E-state index in [0.29, 0.717) is 13.2 Å². The molecule has 1 aliphatic rings. The van der Waals surface area contributed by atoms with Crippen LogP contribution in [0.3, 0.4) is 0 Å². The Morgan fingerprint density at radius 1 is 0.571 bits per heavy atom. The zero-order valence-corrected chi connectivity index (χ0v) is 23.3. The highest BCUT2D eigenvalue weighted by Gasteiger charge is 2.32. The summed E-state index contributed by atoms with van der Waals surface area (Å²) in [5.41, 5.74) is 5.91. The lowest BCUT2D eigenvalue weighted by Crippen LogP contribution is -2.13. The van der Waals surface area contributed by atoms with E-state index >= 15 is 0 Å². The maximum Gasteiger partial charge on any atom is 0.132 e. The van der Waals surface area contributed by atoms with Gasteiger partial charge in [-0.3, -0.25) is 0 Å². The molecule has 3 heteroatoms. The van der Waals surface area contributed by atoms with E-state index in [2.05, 4.69) is 110 Å². The zero-order valence-electron chi connectivity index (χ0n) is 23.3. The van der Waals surface area contributed by atoms with E-state index in [1.165, 1.54) is 16.7 Å². The van der Waals surface area contributed by atoms with Crippen LogP contribution in [0.25, 0.3) is 32.7 Å². The minimum atomic E-state index is -0.0409. The molecule has 7 rings (SSSR count). The van der Waals surface area contributed by atoms with Gasteiger partial charge in [-0.2, -0.15) is 0 Å². The molecule has 0 radical (unpaired) electrons. The molecular weight excluding hydrogens is 516 g/mol. The fourth-order valence-corrected chi connectivity index (χ4v) is 5.98. The second kappa shape index (κ2) is 10.9. The van der Waals surface area contributed by atoms with Crippen LogP contribution in [0.2, 0.25) is 0 Å². The van der Waals surface area contributed by atoms with Crippen LogP contribution < -0.4 is 14.2 Å². The van der Waals surface area contributed by atoms with Crippen LogP contribution in [-0.4, -0.2) is 13.2 Å². The predicted molar refractivity (Wildman–Crippen MR) is 172 cm³/mol. The summed E-state index contributed by atoms with van der Waals surface area (Å²) in [6.07, 6.45) is 3.52. The lowest BCUT2D eigenvalue weighted by molar-refractivity contribution is 0.363. The molecule has 0 aromatic heterocycles. The first-order chi connectivity index (χ1) is 20.7. The van der Waals surface area contributed by atoms with Gasteiger partial charge in [0.1, 0.15) is 36.2 Å². The molecule has 0 amide bonds. The van der Waals surface area contributed by atoms with E-state index in [-0.39, 0.29) is 5.92 Å². The molecule has 0 spiro atoms. The Bertz CT molecular complexity index is 1840. The molecule has 42 heavy (non-hydrogen) atoms. The standard InChI is InChI=1S/C39H30O3/c1-3-22-40-31-16-18-33-29(24-31)14-20-35-38(33)37(28-12-10-27(11-13-28)26-8-6-5-7-9-26)39-34-19-17-32(41-23-4-2)25-30(34)15-21-36(39)42-35/h3-21,24-25,37H,1-2,22-23H2. The summed E-state index contributed by atoms with van der Waals surface area (Å²) in [5, 5.41) is 4.50. The van der Waals surface area contributed by atoms with Crippen molar-refractivity contribution in [2.45, 2.75) is 5.92 Å². The lowest BCUT2D eigenvalue weighted by atomic mass is 9.78. The average molecular weight is 547 g/mol. The van der Waals surface area contributed by atoms with Crippen molar-refractivity contribution in [3.05, 3.63) is 157 Å². The number of hydrogen-bond donors (Lipinski definition) is 0. The Labute approximate surface area is 245 Å². The normalized spacial score (nSPS) is 12.3. The average Bonchev–Trinajstić information content (AvgIpc) is 3.05. The third-order valence-electron chi connectivity index (χ3n) is 7.87. The molecule has 0 fully saturated rings. The van der Waals surface area contributed by atoms with Crippen molar-refractivity contribution in [2.24, 2.45) is 0 Å². The highest BCUT2D eigenvalue weighted by Crippen LogP contribution is 2.52. The maximum atomic E-state index is 6.64. The van der Waals surface area contributed by atoms with Crippen molar-refractivity contribution in [1.82, 2.24) is 0 Å². The van der Waals surface area contributed by atoms with Gasteiger partial charge in [0.05, 0.1) is 0 Å². The monoisotopic (exact) mass is 546 g/mol. The summed E-state index contributed by atoms with van der Waals surface area (Å²) in [7, 11) is 0. The van der Waals surface area contributed by atoms with Gasteiger partial charge >= 0.3 is 0 Å². The Kier molecular flexibility index (Phi) is 6.69. The summed E-state index contributed by atoms with van der Waals surface area (Å²) < 4.78 is 18.4. The van der Waals surface area contributed by atoms with Crippen molar-refractivity contribution in [2.75, 3.05) is 13.2 Å². The van der Waals surface area contributed by atoms with E-state index < -0.39 is 0 Å². The van der Waals surface area contributed by atoms with Crippen molar-refractivity contribution in [3.63, 3.8) is 0 Å². The van der Waals surface area contributed by atoms with Crippen LogP contribution in [0.4, 0.5) is 0 Å². The summed E-state index contributed by atoms with van der Waals surface area (Å²) in [6, 6.07) is 40.4. The number of ether oxygens (including phenoxy) is 3.